The van der Waals surface area contributed by atoms with E-state index in [0.29, 0.717) is 18.8 Å². The number of nitro benzene ring substituents is 1. The lowest BCUT2D eigenvalue weighted by molar-refractivity contribution is -0.385. The predicted octanol–water partition coefficient (Wildman–Crippen LogP) is 2.19. The van der Waals surface area contributed by atoms with Gasteiger partial charge in [-0.15, -0.1) is 0 Å². The minimum Gasteiger partial charge on any atom is -0.373 e. The van der Waals surface area contributed by atoms with Crippen molar-refractivity contribution in [1.29, 1.82) is 0 Å². The number of hydrogen-bond donors (Lipinski definition) is 1. The molecule has 0 bridgehead atoms. The topological polar surface area (TPSA) is 58.4 Å². The van der Waals surface area contributed by atoms with Crippen LogP contribution in [0.5, 0.6) is 0 Å². The standard InChI is InChI=1S/C11H15F2N3O2/c1-14-5-6-15(2)10-4-3-8(16(17)18)7-9(10)11(12)13/h3-4,7,11,14H,5-6H2,1-2H3. The number of likely N-dealkylation sites (N-methyl/N-ethyl adjacent to an activating group) is 2. The summed E-state index contributed by atoms with van der Waals surface area (Å²) in [5.74, 6) is 0. The summed E-state index contributed by atoms with van der Waals surface area (Å²) in [6, 6.07) is 3.52. The highest BCUT2D eigenvalue weighted by atomic mass is 19.3. The minimum absolute atomic E-state index is 0.311. The van der Waals surface area contributed by atoms with Crippen molar-refractivity contribution in [3.8, 4) is 0 Å². The Morgan fingerprint density at radius 1 is 1.50 bits per heavy atom. The van der Waals surface area contributed by atoms with Crippen LogP contribution in [0.3, 0.4) is 0 Å². The van der Waals surface area contributed by atoms with Gasteiger partial charge < -0.3 is 10.2 Å². The van der Waals surface area contributed by atoms with E-state index in [0.717, 1.165) is 6.07 Å². The van der Waals surface area contributed by atoms with E-state index in [1.54, 1.807) is 19.0 Å². The van der Waals surface area contributed by atoms with Gasteiger partial charge in [0.25, 0.3) is 12.1 Å². The number of nitrogens with zero attached hydrogens (tertiary/aromatic N) is 2. The van der Waals surface area contributed by atoms with Gasteiger partial charge in [-0.25, -0.2) is 8.78 Å². The number of non-ortho nitro benzene ring substituents is 1. The molecular weight excluding hydrogens is 244 g/mol. The fourth-order valence-electron chi connectivity index (χ4n) is 1.58. The van der Waals surface area contributed by atoms with Gasteiger partial charge in [-0.3, -0.25) is 10.1 Å². The van der Waals surface area contributed by atoms with Crippen LogP contribution in [0.2, 0.25) is 0 Å². The first-order valence-corrected chi connectivity index (χ1v) is 5.39. The van der Waals surface area contributed by atoms with Crippen molar-refractivity contribution in [1.82, 2.24) is 5.32 Å². The van der Waals surface area contributed by atoms with Crippen molar-refractivity contribution >= 4 is 11.4 Å². The summed E-state index contributed by atoms with van der Waals surface area (Å²) in [4.78, 5) is 11.5. The fraction of sp³-hybridized carbons (Fsp3) is 0.455. The van der Waals surface area contributed by atoms with Gasteiger partial charge in [-0.1, -0.05) is 0 Å². The van der Waals surface area contributed by atoms with Gasteiger partial charge >= 0.3 is 0 Å². The second-order valence-electron chi connectivity index (χ2n) is 3.83. The van der Waals surface area contributed by atoms with Crippen molar-refractivity contribution < 1.29 is 13.7 Å². The molecule has 18 heavy (non-hydrogen) atoms. The minimum atomic E-state index is -2.74. The Hall–Kier alpha value is -1.76. The zero-order valence-electron chi connectivity index (χ0n) is 10.2. The van der Waals surface area contributed by atoms with Crippen LogP contribution in [0.25, 0.3) is 0 Å². The Morgan fingerprint density at radius 3 is 2.67 bits per heavy atom. The number of nitro groups is 1. The molecule has 7 heteroatoms. The summed E-state index contributed by atoms with van der Waals surface area (Å²) >= 11 is 0. The molecule has 0 aliphatic carbocycles. The lowest BCUT2D eigenvalue weighted by Crippen LogP contribution is -2.27. The van der Waals surface area contributed by atoms with E-state index in [9.17, 15) is 18.9 Å². The normalized spacial score (nSPS) is 10.7. The third-order valence-electron chi connectivity index (χ3n) is 2.57. The first kappa shape index (κ1) is 14.3. The second-order valence-corrected chi connectivity index (χ2v) is 3.83. The summed E-state index contributed by atoms with van der Waals surface area (Å²) in [7, 11) is 3.43. The van der Waals surface area contributed by atoms with Crippen LogP contribution in [-0.4, -0.2) is 32.1 Å². The Bertz CT molecular complexity index is 427. The molecule has 0 aromatic heterocycles. The Balaban J connectivity index is 3.07. The molecule has 0 amide bonds. The van der Waals surface area contributed by atoms with E-state index in [1.165, 1.54) is 12.1 Å². The molecule has 1 aromatic rings. The van der Waals surface area contributed by atoms with Crippen molar-refractivity contribution in [2.45, 2.75) is 6.43 Å². The highest BCUT2D eigenvalue weighted by Crippen LogP contribution is 2.32. The summed E-state index contributed by atoms with van der Waals surface area (Å²) in [5, 5.41) is 13.5. The Morgan fingerprint density at radius 2 is 2.17 bits per heavy atom. The maximum Gasteiger partial charge on any atom is 0.270 e. The van der Waals surface area contributed by atoms with E-state index in [4.69, 9.17) is 0 Å². The van der Waals surface area contributed by atoms with Crippen LogP contribution in [0.4, 0.5) is 20.2 Å². The molecule has 0 heterocycles. The van der Waals surface area contributed by atoms with E-state index in [1.807, 2.05) is 0 Å². The summed E-state index contributed by atoms with van der Waals surface area (Å²) in [6.07, 6.45) is -2.74. The molecular formula is C11H15F2N3O2. The average Bonchev–Trinajstić information content (AvgIpc) is 2.34. The average molecular weight is 259 g/mol. The molecule has 0 saturated heterocycles. The van der Waals surface area contributed by atoms with Gasteiger partial charge in [0.1, 0.15) is 0 Å². The highest BCUT2D eigenvalue weighted by molar-refractivity contribution is 5.58. The number of benzene rings is 1. The number of rotatable bonds is 6. The van der Waals surface area contributed by atoms with Crippen LogP contribution in [0, 0.1) is 10.1 Å². The third-order valence-corrected chi connectivity index (χ3v) is 2.57. The van der Waals surface area contributed by atoms with Crippen LogP contribution in [0.15, 0.2) is 18.2 Å². The van der Waals surface area contributed by atoms with Gasteiger partial charge in [-0.05, 0) is 13.1 Å². The predicted molar refractivity (Wildman–Crippen MR) is 65.3 cm³/mol. The monoisotopic (exact) mass is 259 g/mol. The zero-order valence-corrected chi connectivity index (χ0v) is 10.2. The first-order chi connectivity index (χ1) is 8.47. The molecule has 0 aliphatic heterocycles. The maximum absolute atomic E-state index is 12.9. The molecule has 0 spiro atoms. The fourth-order valence-corrected chi connectivity index (χ4v) is 1.58. The number of anilines is 1. The summed E-state index contributed by atoms with van der Waals surface area (Å²) in [5.41, 5.74) is -0.329. The van der Waals surface area contributed by atoms with Crippen molar-refractivity contribution in [3.63, 3.8) is 0 Å². The van der Waals surface area contributed by atoms with Crippen molar-refractivity contribution in [3.05, 3.63) is 33.9 Å². The SMILES string of the molecule is CNCCN(C)c1ccc([N+](=O)[O-])cc1C(F)F. The smallest absolute Gasteiger partial charge is 0.270 e. The third kappa shape index (κ3) is 3.36. The van der Waals surface area contributed by atoms with E-state index in [-0.39, 0.29) is 11.3 Å². The van der Waals surface area contributed by atoms with Gasteiger partial charge in [0.15, 0.2) is 0 Å². The number of alkyl halides is 2. The quantitative estimate of drug-likeness (QED) is 0.628. The lowest BCUT2D eigenvalue weighted by Gasteiger charge is -2.22. The lowest BCUT2D eigenvalue weighted by atomic mass is 10.1. The Kier molecular flexibility index (Phi) is 4.96. The molecule has 0 saturated carbocycles. The molecule has 1 N–H and O–H groups in total. The molecule has 0 aliphatic rings. The molecule has 0 atom stereocenters. The molecule has 1 rings (SSSR count). The molecule has 1 aromatic carbocycles. The first-order valence-electron chi connectivity index (χ1n) is 5.39. The van der Waals surface area contributed by atoms with Gasteiger partial charge in [0.05, 0.1) is 4.92 Å². The molecule has 0 fully saturated rings. The van der Waals surface area contributed by atoms with Gasteiger partial charge in [0.2, 0.25) is 0 Å². The number of halogens is 2. The zero-order chi connectivity index (χ0) is 13.7. The van der Waals surface area contributed by atoms with Crippen LogP contribution < -0.4 is 10.2 Å². The number of hydrogen-bond acceptors (Lipinski definition) is 4. The number of nitrogens with one attached hydrogen (secondary N) is 1. The van der Waals surface area contributed by atoms with Crippen LogP contribution >= 0.6 is 0 Å². The molecule has 100 valence electrons. The Labute approximate surface area is 104 Å². The highest BCUT2D eigenvalue weighted by Gasteiger charge is 2.19. The molecule has 5 nitrogen and oxygen atoms in total. The van der Waals surface area contributed by atoms with E-state index < -0.39 is 11.3 Å². The van der Waals surface area contributed by atoms with Crippen molar-refractivity contribution in [2.75, 3.05) is 32.1 Å². The van der Waals surface area contributed by atoms with E-state index in [2.05, 4.69) is 5.32 Å². The summed E-state index contributed by atoms with van der Waals surface area (Å²) in [6.45, 7) is 1.17. The van der Waals surface area contributed by atoms with Gasteiger partial charge in [0, 0.05) is 43.5 Å². The largest absolute Gasteiger partial charge is 0.373 e. The van der Waals surface area contributed by atoms with Crippen LogP contribution in [0.1, 0.15) is 12.0 Å². The van der Waals surface area contributed by atoms with Gasteiger partial charge in [-0.2, -0.15) is 0 Å². The second kappa shape index (κ2) is 6.25. The van der Waals surface area contributed by atoms with Crippen molar-refractivity contribution in [2.24, 2.45) is 0 Å². The molecule has 0 radical (unpaired) electrons. The maximum atomic E-state index is 12.9. The van der Waals surface area contributed by atoms with Crippen LogP contribution in [-0.2, 0) is 0 Å². The molecule has 0 unspecified atom stereocenters. The summed E-state index contributed by atoms with van der Waals surface area (Å²) < 4.78 is 25.8. The van der Waals surface area contributed by atoms with E-state index >= 15 is 0 Å².